The van der Waals surface area contributed by atoms with E-state index >= 15 is 0 Å². The predicted octanol–water partition coefficient (Wildman–Crippen LogP) is 3.62. The van der Waals surface area contributed by atoms with E-state index in [2.05, 4.69) is 31.8 Å². The Morgan fingerprint density at radius 2 is 2.15 bits per heavy atom. The molecule has 2 rings (SSSR count). The number of hydrogen-bond acceptors (Lipinski definition) is 3. The van der Waals surface area contributed by atoms with E-state index in [0.717, 1.165) is 13.0 Å². The van der Waals surface area contributed by atoms with Gasteiger partial charge in [-0.25, -0.2) is 9.78 Å². The maximum absolute atomic E-state index is 11.1. The minimum absolute atomic E-state index is 0.0993. The SMILES string of the molecule is CC(C)(C)C1=CCN(c2nccc(C(=O)O)c2Cl)CC1. The first-order chi connectivity index (χ1) is 9.30. The maximum atomic E-state index is 11.1. The van der Waals surface area contributed by atoms with Crippen molar-refractivity contribution in [1.29, 1.82) is 0 Å². The molecule has 0 unspecified atom stereocenters. The average Bonchev–Trinajstić information content (AvgIpc) is 2.38. The number of rotatable bonds is 2. The van der Waals surface area contributed by atoms with Crippen LogP contribution < -0.4 is 4.90 Å². The molecule has 1 aromatic rings. The fraction of sp³-hybridized carbons (Fsp3) is 0.467. The number of anilines is 1. The van der Waals surface area contributed by atoms with Crippen LogP contribution in [-0.2, 0) is 0 Å². The van der Waals surface area contributed by atoms with Crippen molar-refractivity contribution >= 4 is 23.4 Å². The summed E-state index contributed by atoms with van der Waals surface area (Å²) in [5.74, 6) is -0.475. The molecule has 0 saturated carbocycles. The molecule has 0 atom stereocenters. The molecule has 0 spiro atoms. The fourth-order valence-electron chi connectivity index (χ4n) is 2.36. The lowest BCUT2D eigenvalue weighted by atomic mass is 9.83. The molecule has 5 heteroatoms. The van der Waals surface area contributed by atoms with Gasteiger partial charge in [-0.05, 0) is 17.9 Å². The summed E-state index contributed by atoms with van der Waals surface area (Å²) in [4.78, 5) is 17.3. The first-order valence-corrected chi connectivity index (χ1v) is 7.01. The lowest BCUT2D eigenvalue weighted by molar-refractivity contribution is 0.0697. The van der Waals surface area contributed by atoms with E-state index < -0.39 is 5.97 Å². The molecular weight excluding hydrogens is 276 g/mol. The summed E-state index contributed by atoms with van der Waals surface area (Å²) >= 11 is 6.16. The number of halogens is 1. The minimum atomic E-state index is -1.03. The number of carboxylic acids is 1. The number of carbonyl (C=O) groups is 1. The van der Waals surface area contributed by atoms with Crippen molar-refractivity contribution in [3.63, 3.8) is 0 Å². The normalized spacial score (nSPS) is 16.0. The van der Waals surface area contributed by atoms with Crippen LogP contribution in [-0.4, -0.2) is 29.1 Å². The Morgan fingerprint density at radius 1 is 1.45 bits per heavy atom. The van der Waals surface area contributed by atoms with E-state index in [9.17, 15) is 4.79 Å². The van der Waals surface area contributed by atoms with E-state index in [1.165, 1.54) is 17.8 Å². The van der Waals surface area contributed by atoms with Gasteiger partial charge in [0.2, 0.25) is 0 Å². The quantitative estimate of drug-likeness (QED) is 0.847. The summed E-state index contributed by atoms with van der Waals surface area (Å²) in [6.45, 7) is 8.11. The van der Waals surface area contributed by atoms with Crippen LogP contribution in [0, 0.1) is 5.41 Å². The van der Waals surface area contributed by atoms with Crippen LogP contribution in [0.5, 0.6) is 0 Å². The van der Waals surface area contributed by atoms with Gasteiger partial charge in [-0.1, -0.05) is 44.0 Å². The van der Waals surface area contributed by atoms with Crippen molar-refractivity contribution in [3.05, 3.63) is 34.5 Å². The molecule has 0 aliphatic carbocycles. The second-order valence-electron chi connectivity index (χ2n) is 5.98. The number of aromatic nitrogens is 1. The summed E-state index contributed by atoms with van der Waals surface area (Å²) in [6.07, 6.45) is 4.63. The molecule has 20 heavy (non-hydrogen) atoms. The molecule has 108 valence electrons. The largest absolute Gasteiger partial charge is 0.478 e. The number of hydrogen-bond donors (Lipinski definition) is 1. The third kappa shape index (κ3) is 2.96. The number of carboxylic acid groups (broad SMARTS) is 1. The molecule has 1 aliphatic heterocycles. The third-order valence-corrected chi connectivity index (χ3v) is 3.95. The van der Waals surface area contributed by atoms with Gasteiger partial charge >= 0.3 is 5.97 Å². The molecule has 0 amide bonds. The highest BCUT2D eigenvalue weighted by atomic mass is 35.5. The summed E-state index contributed by atoms with van der Waals surface area (Å²) in [6, 6.07) is 1.43. The highest BCUT2D eigenvalue weighted by molar-refractivity contribution is 6.35. The lowest BCUT2D eigenvalue weighted by Crippen LogP contribution is -2.32. The van der Waals surface area contributed by atoms with Crippen molar-refractivity contribution in [1.82, 2.24) is 4.98 Å². The van der Waals surface area contributed by atoms with E-state index in [1.54, 1.807) is 0 Å². The monoisotopic (exact) mass is 294 g/mol. The molecule has 0 bridgehead atoms. The number of nitrogens with zero attached hydrogens (tertiary/aromatic N) is 2. The number of aromatic carboxylic acids is 1. The number of pyridine rings is 1. The molecule has 0 fully saturated rings. The van der Waals surface area contributed by atoms with Crippen LogP contribution in [0.4, 0.5) is 5.82 Å². The smallest absolute Gasteiger partial charge is 0.337 e. The van der Waals surface area contributed by atoms with Crippen molar-refractivity contribution in [2.45, 2.75) is 27.2 Å². The average molecular weight is 295 g/mol. The summed E-state index contributed by atoms with van der Waals surface area (Å²) < 4.78 is 0. The maximum Gasteiger partial charge on any atom is 0.337 e. The van der Waals surface area contributed by atoms with Crippen LogP contribution in [0.25, 0.3) is 0 Å². The summed E-state index contributed by atoms with van der Waals surface area (Å²) in [5.41, 5.74) is 1.69. The van der Waals surface area contributed by atoms with Crippen LogP contribution in [0.3, 0.4) is 0 Å². The van der Waals surface area contributed by atoms with Gasteiger partial charge in [-0.3, -0.25) is 0 Å². The Bertz CT molecular complexity index is 561. The topological polar surface area (TPSA) is 53.4 Å². The molecule has 0 saturated heterocycles. The standard InChI is InChI=1S/C15H19ClN2O2/c1-15(2,3)10-5-8-18(9-6-10)13-12(16)11(14(19)20)4-7-17-13/h4-5,7H,6,8-9H2,1-3H3,(H,19,20). The van der Waals surface area contributed by atoms with Gasteiger partial charge in [0, 0.05) is 19.3 Å². The van der Waals surface area contributed by atoms with Crippen LogP contribution in [0.15, 0.2) is 23.9 Å². The zero-order valence-electron chi connectivity index (χ0n) is 12.0. The molecule has 0 radical (unpaired) electrons. The van der Waals surface area contributed by atoms with Crippen molar-refractivity contribution in [2.75, 3.05) is 18.0 Å². The van der Waals surface area contributed by atoms with Crippen molar-refractivity contribution < 1.29 is 9.90 Å². The Labute approximate surface area is 124 Å². The van der Waals surface area contributed by atoms with E-state index in [-0.39, 0.29) is 16.0 Å². The second kappa shape index (κ2) is 5.44. The molecule has 1 aromatic heterocycles. The molecule has 4 nitrogen and oxygen atoms in total. The summed E-state index contributed by atoms with van der Waals surface area (Å²) in [7, 11) is 0. The molecule has 1 N–H and O–H groups in total. The van der Waals surface area contributed by atoms with E-state index in [1.807, 2.05) is 4.90 Å². The molecule has 1 aliphatic rings. The fourth-order valence-corrected chi connectivity index (χ4v) is 2.67. The van der Waals surface area contributed by atoms with Crippen LogP contribution in [0.2, 0.25) is 5.02 Å². The Morgan fingerprint density at radius 3 is 2.65 bits per heavy atom. The second-order valence-corrected chi connectivity index (χ2v) is 6.35. The van der Waals surface area contributed by atoms with Crippen molar-refractivity contribution in [2.24, 2.45) is 5.41 Å². The van der Waals surface area contributed by atoms with Gasteiger partial charge < -0.3 is 10.0 Å². The van der Waals surface area contributed by atoms with E-state index in [0.29, 0.717) is 12.4 Å². The zero-order chi connectivity index (χ0) is 14.9. The first-order valence-electron chi connectivity index (χ1n) is 6.63. The van der Waals surface area contributed by atoms with Gasteiger partial charge in [-0.15, -0.1) is 0 Å². The Hall–Kier alpha value is -1.55. The highest BCUT2D eigenvalue weighted by Crippen LogP contribution is 2.33. The predicted molar refractivity (Wildman–Crippen MR) is 80.6 cm³/mol. The van der Waals surface area contributed by atoms with Gasteiger partial charge in [0.1, 0.15) is 5.82 Å². The zero-order valence-corrected chi connectivity index (χ0v) is 12.7. The van der Waals surface area contributed by atoms with Gasteiger partial charge in [0.05, 0.1) is 10.6 Å². The Kier molecular flexibility index (Phi) is 4.04. The highest BCUT2D eigenvalue weighted by Gasteiger charge is 2.24. The molecule has 0 aromatic carbocycles. The molecular formula is C15H19ClN2O2. The van der Waals surface area contributed by atoms with Crippen LogP contribution >= 0.6 is 11.6 Å². The van der Waals surface area contributed by atoms with Gasteiger partial charge in [0.15, 0.2) is 0 Å². The lowest BCUT2D eigenvalue weighted by Gasteiger charge is -2.33. The first kappa shape index (κ1) is 14.9. The minimum Gasteiger partial charge on any atom is -0.478 e. The van der Waals surface area contributed by atoms with E-state index in [4.69, 9.17) is 16.7 Å². The van der Waals surface area contributed by atoms with Crippen molar-refractivity contribution in [3.8, 4) is 0 Å². The molecule has 2 heterocycles. The van der Waals surface area contributed by atoms with Gasteiger partial charge in [-0.2, -0.15) is 0 Å². The van der Waals surface area contributed by atoms with Gasteiger partial charge in [0.25, 0.3) is 0 Å². The third-order valence-electron chi connectivity index (χ3n) is 3.57. The summed E-state index contributed by atoms with van der Waals surface area (Å²) in [5, 5.41) is 9.31. The van der Waals surface area contributed by atoms with Crippen LogP contribution in [0.1, 0.15) is 37.6 Å². The Balaban J connectivity index is 2.26.